The Bertz CT molecular complexity index is 513. The maximum Gasteiger partial charge on any atom is 0.250 e. The summed E-state index contributed by atoms with van der Waals surface area (Å²) in [6.07, 6.45) is 1.02. The van der Waals surface area contributed by atoms with Crippen LogP contribution in [-0.2, 0) is 9.53 Å². The van der Waals surface area contributed by atoms with E-state index < -0.39 is 17.2 Å². The number of hydrogen-bond acceptors (Lipinski definition) is 3. The Morgan fingerprint density at radius 3 is 2.39 bits per heavy atom. The molecule has 1 aromatic carbocycles. The van der Waals surface area contributed by atoms with Crippen LogP contribution >= 0.6 is 0 Å². The second-order valence-electron chi connectivity index (χ2n) is 4.59. The molecule has 6 heteroatoms. The number of rotatable bonds is 0. The fourth-order valence-corrected chi connectivity index (χ4v) is 2.38. The topological polar surface area (TPSA) is 50.4 Å². The van der Waals surface area contributed by atoms with Crippen molar-refractivity contribution in [2.75, 3.05) is 23.8 Å². The van der Waals surface area contributed by atoms with Crippen molar-refractivity contribution >= 4 is 17.3 Å². The van der Waals surface area contributed by atoms with Gasteiger partial charge in [-0.15, -0.1) is 0 Å². The molecule has 18 heavy (non-hydrogen) atoms. The molecule has 2 aliphatic rings. The fourth-order valence-electron chi connectivity index (χ4n) is 2.38. The second kappa shape index (κ2) is 3.91. The van der Waals surface area contributed by atoms with Crippen LogP contribution < -0.4 is 10.6 Å². The number of amides is 1. The number of anilines is 2. The highest BCUT2D eigenvalue weighted by atomic mass is 19.2. The highest BCUT2D eigenvalue weighted by molar-refractivity contribution is 6.06. The molecule has 96 valence electrons. The molecule has 0 unspecified atom stereocenters. The molecule has 0 radical (unpaired) electrons. The van der Waals surface area contributed by atoms with Crippen LogP contribution in [0.15, 0.2) is 12.1 Å². The van der Waals surface area contributed by atoms with Gasteiger partial charge in [0, 0.05) is 38.2 Å². The molecule has 4 nitrogen and oxygen atoms in total. The average molecular weight is 254 g/mol. The van der Waals surface area contributed by atoms with Crippen molar-refractivity contribution < 1.29 is 18.3 Å². The third-order valence-electron chi connectivity index (χ3n) is 3.46. The van der Waals surface area contributed by atoms with Gasteiger partial charge in [-0.2, -0.15) is 0 Å². The molecule has 1 saturated heterocycles. The van der Waals surface area contributed by atoms with Crippen LogP contribution in [-0.4, -0.2) is 24.7 Å². The van der Waals surface area contributed by atoms with Crippen LogP contribution in [0, 0.1) is 11.6 Å². The summed E-state index contributed by atoms with van der Waals surface area (Å²) in [5, 5.41) is 5.66. The van der Waals surface area contributed by atoms with E-state index in [-0.39, 0.29) is 11.6 Å². The van der Waals surface area contributed by atoms with Gasteiger partial charge in [0.15, 0.2) is 11.6 Å². The molecule has 1 amide bonds. The van der Waals surface area contributed by atoms with E-state index in [9.17, 15) is 13.6 Å². The summed E-state index contributed by atoms with van der Waals surface area (Å²) in [4.78, 5) is 12.1. The number of ether oxygens (including phenoxy) is 1. The lowest BCUT2D eigenvalue weighted by molar-refractivity contribution is -0.123. The highest BCUT2D eigenvalue weighted by Gasteiger charge is 2.43. The molecule has 1 spiro atoms. The summed E-state index contributed by atoms with van der Waals surface area (Å²) in [6.45, 7) is 0.943. The largest absolute Gasteiger partial charge is 0.381 e. The number of benzene rings is 1. The van der Waals surface area contributed by atoms with E-state index in [2.05, 4.69) is 10.6 Å². The predicted molar refractivity (Wildman–Crippen MR) is 61.4 cm³/mol. The van der Waals surface area contributed by atoms with E-state index >= 15 is 0 Å². The molecule has 2 N–H and O–H groups in total. The standard InChI is InChI=1S/C12H12F2N2O2/c13-7-5-9-10(6-8(7)14)16-12(11(17)15-9)1-3-18-4-2-12/h5-6,16H,1-4H2,(H,15,17). The minimum atomic E-state index is -0.973. The zero-order chi connectivity index (χ0) is 12.8. The van der Waals surface area contributed by atoms with Crippen molar-refractivity contribution in [3.8, 4) is 0 Å². The number of carbonyl (C=O) groups is 1. The number of hydrogen-bond donors (Lipinski definition) is 2. The molecule has 1 aromatic rings. The molecule has 0 atom stereocenters. The first-order valence-corrected chi connectivity index (χ1v) is 5.77. The monoisotopic (exact) mass is 254 g/mol. The Morgan fingerprint density at radius 1 is 1.11 bits per heavy atom. The number of fused-ring (bicyclic) bond motifs is 1. The maximum atomic E-state index is 13.2. The number of carbonyl (C=O) groups excluding carboxylic acids is 1. The molecule has 0 aromatic heterocycles. The first kappa shape index (κ1) is 11.4. The normalized spacial score (nSPS) is 21.1. The summed E-state index contributed by atoms with van der Waals surface area (Å²) in [6, 6.07) is 2.06. The molecule has 2 aliphatic heterocycles. The molecule has 1 fully saturated rings. The van der Waals surface area contributed by atoms with E-state index in [1.165, 1.54) is 0 Å². The molecule has 0 bridgehead atoms. The first-order valence-electron chi connectivity index (χ1n) is 5.77. The zero-order valence-corrected chi connectivity index (χ0v) is 9.56. The van der Waals surface area contributed by atoms with Gasteiger partial charge >= 0.3 is 0 Å². The Morgan fingerprint density at radius 2 is 1.72 bits per heavy atom. The molecule has 3 rings (SSSR count). The highest BCUT2D eigenvalue weighted by Crippen LogP contribution is 2.36. The van der Waals surface area contributed by atoms with E-state index in [0.717, 1.165) is 12.1 Å². The summed E-state index contributed by atoms with van der Waals surface area (Å²) in [5.74, 6) is -2.12. The lowest BCUT2D eigenvalue weighted by atomic mass is 9.86. The van der Waals surface area contributed by atoms with Crippen LogP contribution in [0.25, 0.3) is 0 Å². The van der Waals surface area contributed by atoms with E-state index in [1.54, 1.807) is 0 Å². The van der Waals surface area contributed by atoms with Crippen molar-refractivity contribution in [1.29, 1.82) is 0 Å². The summed E-state index contributed by atoms with van der Waals surface area (Å²) < 4.78 is 31.5. The molecular formula is C12H12F2N2O2. The Balaban J connectivity index is 2.00. The minimum absolute atomic E-state index is 0.218. The molecule has 0 aliphatic carbocycles. The zero-order valence-electron chi connectivity index (χ0n) is 9.56. The average Bonchev–Trinajstić information content (AvgIpc) is 2.35. The van der Waals surface area contributed by atoms with Gasteiger partial charge in [0.2, 0.25) is 5.91 Å². The van der Waals surface area contributed by atoms with Gasteiger partial charge in [-0.3, -0.25) is 4.79 Å². The minimum Gasteiger partial charge on any atom is -0.381 e. The SMILES string of the molecule is O=C1Nc2cc(F)c(F)cc2NC12CCOCC2. The van der Waals surface area contributed by atoms with Gasteiger partial charge in [0.25, 0.3) is 0 Å². The molecule has 0 saturated carbocycles. The van der Waals surface area contributed by atoms with Gasteiger partial charge in [0.05, 0.1) is 11.4 Å². The van der Waals surface area contributed by atoms with Gasteiger partial charge in [0.1, 0.15) is 5.54 Å². The Kier molecular flexibility index (Phi) is 2.48. The van der Waals surface area contributed by atoms with Crippen molar-refractivity contribution in [3.63, 3.8) is 0 Å². The van der Waals surface area contributed by atoms with Crippen molar-refractivity contribution in [2.45, 2.75) is 18.4 Å². The maximum absolute atomic E-state index is 13.2. The van der Waals surface area contributed by atoms with E-state index in [1.807, 2.05) is 0 Å². The molecular weight excluding hydrogens is 242 g/mol. The number of halogens is 2. The van der Waals surface area contributed by atoms with Gasteiger partial charge in [-0.25, -0.2) is 8.78 Å². The summed E-state index contributed by atoms with van der Waals surface area (Å²) >= 11 is 0. The lowest BCUT2D eigenvalue weighted by Crippen LogP contribution is -2.55. The smallest absolute Gasteiger partial charge is 0.250 e. The van der Waals surface area contributed by atoms with Gasteiger partial charge < -0.3 is 15.4 Å². The van der Waals surface area contributed by atoms with Crippen LogP contribution in [0.4, 0.5) is 20.2 Å². The van der Waals surface area contributed by atoms with Crippen molar-refractivity contribution in [2.24, 2.45) is 0 Å². The second-order valence-corrected chi connectivity index (χ2v) is 4.59. The van der Waals surface area contributed by atoms with Crippen molar-refractivity contribution in [3.05, 3.63) is 23.8 Å². The van der Waals surface area contributed by atoms with Crippen LogP contribution in [0.3, 0.4) is 0 Å². The van der Waals surface area contributed by atoms with Gasteiger partial charge in [-0.05, 0) is 0 Å². The summed E-state index contributed by atoms with van der Waals surface area (Å²) in [5.41, 5.74) is -0.0818. The van der Waals surface area contributed by atoms with Crippen molar-refractivity contribution in [1.82, 2.24) is 0 Å². The van der Waals surface area contributed by atoms with Gasteiger partial charge in [-0.1, -0.05) is 0 Å². The fraction of sp³-hybridized carbons (Fsp3) is 0.417. The quantitative estimate of drug-likeness (QED) is 0.743. The Labute approximate surface area is 102 Å². The Hall–Kier alpha value is -1.69. The first-order chi connectivity index (χ1) is 8.61. The van der Waals surface area contributed by atoms with Crippen LogP contribution in [0.2, 0.25) is 0 Å². The van der Waals surface area contributed by atoms with Crippen LogP contribution in [0.1, 0.15) is 12.8 Å². The van der Waals surface area contributed by atoms with Crippen LogP contribution in [0.5, 0.6) is 0 Å². The lowest BCUT2D eigenvalue weighted by Gasteiger charge is -2.41. The third-order valence-corrected chi connectivity index (χ3v) is 3.46. The predicted octanol–water partition coefficient (Wildman–Crippen LogP) is 1.88. The van der Waals surface area contributed by atoms with E-state index in [4.69, 9.17) is 4.74 Å². The number of nitrogens with one attached hydrogen (secondary N) is 2. The molecule has 2 heterocycles. The third kappa shape index (κ3) is 1.64. The summed E-state index contributed by atoms with van der Waals surface area (Å²) in [7, 11) is 0. The van der Waals surface area contributed by atoms with E-state index in [0.29, 0.717) is 31.7 Å².